The van der Waals surface area contributed by atoms with E-state index in [0.717, 1.165) is 12.8 Å². The van der Waals surface area contributed by atoms with Crippen LogP contribution in [-0.2, 0) is 19.1 Å². The quantitative estimate of drug-likeness (QED) is 0.735. The minimum Gasteiger partial charge on any atom is -0.458 e. The van der Waals surface area contributed by atoms with E-state index < -0.39 is 5.41 Å². The van der Waals surface area contributed by atoms with Gasteiger partial charge >= 0.3 is 11.9 Å². The van der Waals surface area contributed by atoms with Gasteiger partial charge in [0, 0.05) is 11.8 Å². The minimum atomic E-state index is -0.465. The predicted octanol–water partition coefficient (Wildman–Crippen LogP) is 2.16. The zero-order valence-electron chi connectivity index (χ0n) is 12.0. The highest BCUT2D eigenvalue weighted by Gasteiger charge is 2.67. The SMILES string of the molecule is CCC(C)(C)C(=O)OC1C2CC3C(=O)OC1C3C2C. The fourth-order valence-electron chi connectivity index (χ4n) is 3.94. The summed E-state index contributed by atoms with van der Waals surface area (Å²) in [6.45, 7) is 7.93. The van der Waals surface area contributed by atoms with Crippen molar-refractivity contribution in [1.29, 1.82) is 0 Å². The number of carbonyl (C=O) groups is 2. The van der Waals surface area contributed by atoms with Crippen LogP contribution in [0, 0.1) is 29.1 Å². The summed E-state index contributed by atoms with van der Waals surface area (Å²) in [5.41, 5.74) is -0.465. The number of hydrogen-bond donors (Lipinski definition) is 0. The molecule has 0 aromatic heterocycles. The highest BCUT2D eigenvalue weighted by molar-refractivity contribution is 5.78. The highest BCUT2D eigenvalue weighted by Crippen LogP contribution is 2.58. The Hall–Kier alpha value is -1.06. The molecule has 0 aromatic carbocycles. The number of esters is 2. The van der Waals surface area contributed by atoms with Crippen molar-refractivity contribution in [3.63, 3.8) is 0 Å². The molecule has 3 aliphatic rings. The van der Waals surface area contributed by atoms with Crippen molar-refractivity contribution in [2.45, 2.75) is 52.7 Å². The van der Waals surface area contributed by atoms with E-state index in [1.807, 2.05) is 20.8 Å². The van der Waals surface area contributed by atoms with Crippen LogP contribution >= 0.6 is 0 Å². The second-order valence-corrected chi connectivity index (χ2v) is 6.95. The maximum absolute atomic E-state index is 12.2. The lowest BCUT2D eigenvalue weighted by atomic mass is 9.87. The fraction of sp³-hybridized carbons (Fsp3) is 0.867. The van der Waals surface area contributed by atoms with Crippen molar-refractivity contribution in [3.8, 4) is 0 Å². The number of hydrogen-bond acceptors (Lipinski definition) is 4. The summed E-state index contributed by atoms with van der Waals surface area (Å²) in [7, 11) is 0. The van der Waals surface area contributed by atoms with Gasteiger partial charge < -0.3 is 9.47 Å². The van der Waals surface area contributed by atoms with E-state index in [0.29, 0.717) is 11.8 Å². The molecule has 2 aliphatic carbocycles. The average molecular weight is 266 g/mol. The first kappa shape index (κ1) is 12.9. The average Bonchev–Trinajstić information content (AvgIpc) is 2.90. The van der Waals surface area contributed by atoms with E-state index in [9.17, 15) is 9.59 Å². The smallest absolute Gasteiger partial charge is 0.311 e. The first-order valence-electron chi connectivity index (χ1n) is 7.28. The van der Waals surface area contributed by atoms with Gasteiger partial charge in [0.1, 0.15) is 12.2 Å². The van der Waals surface area contributed by atoms with Crippen molar-refractivity contribution in [2.24, 2.45) is 29.1 Å². The molecule has 4 nitrogen and oxygen atoms in total. The van der Waals surface area contributed by atoms with Crippen LogP contribution in [0.4, 0.5) is 0 Å². The van der Waals surface area contributed by atoms with Gasteiger partial charge in [-0.15, -0.1) is 0 Å². The third-order valence-electron chi connectivity index (χ3n) is 5.63. The fourth-order valence-corrected chi connectivity index (χ4v) is 3.94. The Bertz CT molecular complexity index is 428. The molecule has 6 atom stereocenters. The molecule has 19 heavy (non-hydrogen) atoms. The first-order valence-corrected chi connectivity index (χ1v) is 7.28. The van der Waals surface area contributed by atoms with Gasteiger partial charge in [0.25, 0.3) is 0 Å². The maximum Gasteiger partial charge on any atom is 0.311 e. The molecule has 4 heteroatoms. The second-order valence-electron chi connectivity index (χ2n) is 6.95. The third kappa shape index (κ3) is 1.65. The zero-order valence-corrected chi connectivity index (χ0v) is 12.0. The Labute approximate surface area is 113 Å². The van der Waals surface area contributed by atoms with Gasteiger partial charge in [-0.3, -0.25) is 9.59 Å². The monoisotopic (exact) mass is 266 g/mol. The van der Waals surface area contributed by atoms with E-state index >= 15 is 0 Å². The largest absolute Gasteiger partial charge is 0.458 e. The summed E-state index contributed by atoms with van der Waals surface area (Å²) in [5, 5.41) is 0. The molecule has 2 saturated carbocycles. The van der Waals surface area contributed by atoms with E-state index in [1.165, 1.54) is 0 Å². The van der Waals surface area contributed by atoms with Crippen LogP contribution in [0.2, 0.25) is 0 Å². The molecule has 106 valence electrons. The minimum absolute atomic E-state index is 0.0548. The Balaban J connectivity index is 1.78. The van der Waals surface area contributed by atoms with Crippen molar-refractivity contribution < 1.29 is 19.1 Å². The Kier molecular flexibility index (Phi) is 2.70. The lowest BCUT2D eigenvalue weighted by molar-refractivity contribution is -0.170. The zero-order chi connectivity index (χ0) is 13.9. The topological polar surface area (TPSA) is 52.6 Å². The highest BCUT2D eigenvalue weighted by atomic mass is 16.6. The molecule has 0 radical (unpaired) electrons. The normalized spacial score (nSPS) is 43.5. The second kappa shape index (κ2) is 3.97. The Morgan fingerprint density at radius 1 is 1.47 bits per heavy atom. The molecule has 1 heterocycles. The van der Waals surface area contributed by atoms with Crippen molar-refractivity contribution in [1.82, 2.24) is 0 Å². The number of fused-ring (bicyclic) bond motifs is 1. The molecular weight excluding hydrogens is 244 g/mol. The lowest BCUT2D eigenvalue weighted by Gasteiger charge is -2.29. The molecule has 2 bridgehead atoms. The molecule has 0 N–H and O–H groups in total. The van der Waals surface area contributed by atoms with Crippen LogP contribution in [0.25, 0.3) is 0 Å². The standard InChI is InChI=1S/C15H22O4/c1-5-15(3,4)14(17)19-11-8-6-9-10(7(8)2)12(11)18-13(9)16/h7-12H,5-6H2,1-4H3. The van der Waals surface area contributed by atoms with Crippen LogP contribution in [0.15, 0.2) is 0 Å². The Morgan fingerprint density at radius 2 is 2.16 bits per heavy atom. The van der Waals surface area contributed by atoms with Gasteiger partial charge in [-0.25, -0.2) is 0 Å². The van der Waals surface area contributed by atoms with Crippen LogP contribution in [0.1, 0.15) is 40.5 Å². The van der Waals surface area contributed by atoms with Gasteiger partial charge in [-0.1, -0.05) is 13.8 Å². The molecule has 6 unspecified atom stereocenters. The van der Waals surface area contributed by atoms with Crippen molar-refractivity contribution in [3.05, 3.63) is 0 Å². The summed E-state index contributed by atoms with van der Waals surface area (Å²) in [6, 6.07) is 0. The number of ether oxygens (including phenoxy) is 2. The van der Waals surface area contributed by atoms with Crippen molar-refractivity contribution >= 4 is 11.9 Å². The van der Waals surface area contributed by atoms with Gasteiger partial charge in [-0.2, -0.15) is 0 Å². The molecule has 0 aromatic rings. The molecule has 3 rings (SSSR count). The lowest BCUT2D eigenvalue weighted by Crippen LogP contribution is -2.39. The van der Waals surface area contributed by atoms with Gasteiger partial charge in [0.2, 0.25) is 0 Å². The summed E-state index contributed by atoms with van der Waals surface area (Å²) >= 11 is 0. The van der Waals surface area contributed by atoms with E-state index in [2.05, 4.69) is 6.92 Å². The van der Waals surface area contributed by atoms with Gasteiger partial charge in [-0.05, 0) is 32.6 Å². The molecule has 1 aliphatic heterocycles. The molecule has 1 saturated heterocycles. The third-order valence-corrected chi connectivity index (χ3v) is 5.63. The van der Waals surface area contributed by atoms with Crippen LogP contribution in [-0.4, -0.2) is 24.1 Å². The van der Waals surface area contributed by atoms with Crippen LogP contribution in [0.5, 0.6) is 0 Å². The van der Waals surface area contributed by atoms with Gasteiger partial charge in [0.15, 0.2) is 0 Å². The predicted molar refractivity (Wildman–Crippen MR) is 68.1 cm³/mol. The molecule has 3 fully saturated rings. The summed E-state index contributed by atoms with van der Waals surface area (Å²) in [4.78, 5) is 24.0. The van der Waals surface area contributed by atoms with Crippen LogP contribution in [0.3, 0.4) is 0 Å². The van der Waals surface area contributed by atoms with Gasteiger partial charge in [0.05, 0.1) is 11.3 Å². The maximum atomic E-state index is 12.2. The van der Waals surface area contributed by atoms with E-state index in [-0.39, 0.29) is 36.0 Å². The summed E-state index contributed by atoms with van der Waals surface area (Å²) in [6.07, 6.45) is 1.16. The molecule has 0 amide bonds. The van der Waals surface area contributed by atoms with E-state index in [4.69, 9.17) is 9.47 Å². The molecule has 0 spiro atoms. The van der Waals surface area contributed by atoms with Crippen LogP contribution < -0.4 is 0 Å². The number of rotatable bonds is 3. The van der Waals surface area contributed by atoms with E-state index in [1.54, 1.807) is 0 Å². The summed E-state index contributed by atoms with van der Waals surface area (Å²) in [5.74, 6) is 0.781. The van der Waals surface area contributed by atoms with Crippen molar-refractivity contribution in [2.75, 3.05) is 0 Å². The Morgan fingerprint density at radius 3 is 2.79 bits per heavy atom. The number of carbonyl (C=O) groups excluding carboxylic acids is 2. The first-order chi connectivity index (χ1) is 8.86. The summed E-state index contributed by atoms with van der Waals surface area (Å²) < 4.78 is 11.2. The molecular formula is C15H22O4.